The van der Waals surface area contributed by atoms with Gasteiger partial charge < -0.3 is 19.9 Å². The van der Waals surface area contributed by atoms with Crippen LogP contribution in [0, 0.1) is 5.41 Å². The van der Waals surface area contributed by atoms with E-state index in [9.17, 15) is 14.7 Å². The summed E-state index contributed by atoms with van der Waals surface area (Å²) in [6.07, 6.45) is 8.25. The molecular formula is C19H28N4O3. The van der Waals surface area contributed by atoms with E-state index in [1.54, 1.807) is 36.5 Å². The number of carbonyl (C=O) groups is 2. The van der Waals surface area contributed by atoms with Crippen LogP contribution in [-0.4, -0.2) is 68.0 Å². The lowest BCUT2D eigenvalue weighted by Gasteiger charge is -2.55. The van der Waals surface area contributed by atoms with Gasteiger partial charge in [-0.3, -0.25) is 9.59 Å². The molecule has 2 N–H and O–H groups in total. The third-order valence-electron chi connectivity index (χ3n) is 6.07. The molecule has 3 rings (SSSR count). The van der Waals surface area contributed by atoms with Crippen molar-refractivity contribution in [3.8, 4) is 0 Å². The van der Waals surface area contributed by atoms with E-state index in [-0.39, 0.29) is 17.2 Å². The van der Waals surface area contributed by atoms with Crippen LogP contribution < -0.4 is 0 Å². The third kappa shape index (κ3) is 3.53. The summed E-state index contributed by atoms with van der Waals surface area (Å²) in [6.45, 7) is 7.34. The van der Waals surface area contributed by atoms with Crippen molar-refractivity contribution in [3.05, 3.63) is 24.3 Å². The van der Waals surface area contributed by atoms with Gasteiger partial charge in [0.25, 0.3) is 0 Å². The van der Waals surface area contributed by atoms with Gasteiger partial charge in [0.1, 0.15) is 0 Å². The van der Waals surface area contributed by atoms with Gasteiger partial charge in [-0.25, -0.2) is 4.98 Å². The number of hydrogen-bond acceptors (Lipinski definition) is 4. The molecule has 142 valence electrons. The first-order chi connectivity index (χ1) is 12.2. The Balaban J connectivity index is 1.64. The van der Waals surface area contributed by atoms with E-state index in [2.05, 4.69) is 9.97 Å². The minimum absolute atomic E-state index is 0.00544. The SMILES string of the molecule is CC(=O)N1CC2(CCN(C(=O)/C=C/c3cnc[nH]3)CC2)C[C@@H](O)C1(C)C. The number of amides is 2. The Bertz CT molecular complexity index is 688. The number of likely N-dealkylation sites (tertiary alicyclic amines) is 2. The van der Waals surface area contributed by atoms with Gasteiger partial charge in [-0.15, -0.1) is 0 Å². The van der Waals surface area contributed by atoms with Crippen LogP contribution in [0.1, 0.15) is 45.7 Å². The Labute approximate surface area is 154 Å². The third-order valence-corrected chi connectivity index (χ3v) is 6.07. The highest BCUT2D eigenvalue weighted by Crippen LogP contribution is 2.45. The normalized spacial score (nSPS) is 25.0. The molecule has 2 saturated heterocycles. The standard InChI is InChI=1S/C19H28N4O3/c1-14(24)23-12-19(10-16(25)18(23,2)3)6-8-22(9-7-19)17(26)5-4-15-11-20-13-21-15/h4-5,11,13,16,25H,6-10,12H2,1-3H3,(H,20,21)/b5-4+/t16-/m1/s1. The fraction of sp³-hybridized carbons (Fsp3) is 0.632. The summed E-state index contributed by atoms with van der Waals surface area (Å²) in [7, 11) is 0. The van der Waals surface area contributed by atoms with Crippen LogP contribution in [0.25, 0.3) is 6.08 Å². The number of aliphatic hydroxyl groups is 1. The first kappa shape index (κ1) is 18.6. The molecule has 2 aliphatic heterocycles. The lowest BCUT2D eigenvalue weighted by atomic mass is 9.67. The molecule has 1 atom stereocenters. The number of H-pyrrole nitrogens is 1. The maximum absolute atomic E-state index is 12.4. The first-order valence-electron chi connectivity index (χ1n) is 9.15. The van der Waals surface area contributed by atoms with Crippen LogP contribution in [0.4, 0.5) is 0 Å². The van der Waals surface area contributed by atoms with Gasteiger partial charge in [0.2, 0.25) is 11.8 Å². The number of rotatable bonds is 2. The molecule has 2 amide bonds. The van der Waals surface area contributed by atoms with Crippen molar-refractivity contribution in [1.82, 2.24) is 19.8 Å². The number of piperidine rings is 2. The number of imidazole rings is 1. The monoisotopic (exact) mass is 360 g/mol. The van der Waals surface area contributed by atoms with Gasteiger partial charge in [0.15, 0.2) is 0 Å². The fourth-order valence-electron chi connectivity index (χ4n) is 4.15. The van der Waals surface area contributed by atoms with Crippen LogP contribution in [0.5, 0.6) is 0 Å². The highest BCUT2D eigenvalue weighted by atomic mass is 16.3. The highest BCUT2D eigenvalue weighted by Gasteiger charge is 2.50. The Morgan fingerprint density at radius 3 is 2.62 bits per heavy atom. The molecule has 0 aromatic carbocycles. The van der Waals surface area contributed by atoms with Crippen molar-refractivity contribution in [1.29, 1.82) is 0 Å². The van der Waals surface area contributed by atoms with Crippen LogP contribution in [0.2, 0.25) is 0 Å². The predicted molar refractivity (Wildman–Crippen MR) is 98.0 cm³/mol. The largest absolute Gasteiger partial charge is 0.391 e. The molecule has 1 aromatic heterocycles. The fourth-order valence-corrected chi connectivity index (χ4v) is 4.15. The zero-order valence-electron chi connectivity index (χ0n) is 15.7. The van der Waals surface area contributed by atoms with Gasteiger partial charge in [0, 0.05) is 32.6 Å². The van der Waals surface area contributed by atoms with Crippen LogP contribution in [-0.2, 0) is 9.59 Å². The molecular weight excluding hydrogens is 332 g/mol. The molecule has 0 radical (unpaired) electrons. The number of aromatic amines is 1. The molecule has 0 saturated carbocycles. The number of nitrogens with one attached hydrogen (secondary N) is 1. The van der Waals surface area contributed by atoms with Gasteiger partial charge in [-0.2, -0.15) is 0 Å². The molecule has 1 spiro atoms. The molecule has 3 heterocycles. The van der Waals surface area contributed by atoms with Gasteiger partial charge in [0.05, 0.1) is 29.9 Å². The number of aromatic nitrogens is 2. The van der Waals surface area contributed by atoms with E-state index in [4.69, 9.17) is 0 Å². The van der Waals surface area contributed by atoms with Crippen molar-refractivity contribution < 1.29 is 14.7 Å². The smallest absolute Gasteiger partial charge is 0.246 e. The zero-order valence-corrected chi connectivity index (χ0v) is 15.7. The number of hydrogen-bond donors (Lipinski definition) is 2. The first-order valence-corrected chi connectivity index (χ1v) is 9.15. The summed E-state index contributed by atoms with van der Waals surface area (Å²) in [5.74, 6) is -0.0244. The lowest BCUT2D eigenvalue weighted by Crippen LogP contribution is -2.64. The summed E-state index contributed by atoms with van der Waals surface area (Å²) in [5.41, 5.74) is 0.142. The second-order valence-electron chi connectivity index (χ2n) is 8.14. The Kier molecular flexibility index (Phi) is 4.92. The van der Waals surface area contributed by atoms with Crippen LogP contribution in [0.15, 0.2) is 18.6 Å². The molecule has 0 bridgehead atoms. The Morgan fingerprint density at radius 2 is 2.04 bits per heavy atom. The summed E-state index contributed by atoms with van der Waals surface area (Å²) < 4.78 is 0. The highest BCUT2D eigenvalue weighted by molar-refractivity contribution is 5.91. The van der Waals surface area contributed by atoms with Gasteiger partial charge >= 0.3 is 0 Å². The predicted octanol–water partition coefficient (Wildman–Crippen LogP) is 1.42. The average molecular weight is 360 g/mol. The maximum Gasteiger partial charge on any atom is 0.246 e. The minimum Gasteiger partial charge on any atom is -0.391 e. The van der Waals surface area contributed by atoms with E-state index in [0.717, 1.165) is 18.5 Å². The van der Waals surface area contributed by atoms with Crippen LogP contribution >= 0.6 is 0 Å². The number of nitrogens with zero attached hydrogens (tertiary/aromatic N) is 3. The summed E-state index contributed by atoms with van der Waals surface area (Å²) in [6, 6.07) is 0. The lowest BCUT2D eigenvalue weighted by molar-refractivity contribution is -0.158. The molecule has 2 aliphatic rings. The molecule has 2 fully saturated rings. The summed E-state index contributed by atoms with van der Waals surface area (Å²) in [5, 5.41) is 10.6. The molecule has 0 unspecified atom stereocenters. The summed E-state index contributed by atoms with van der Waals surface area (Å²) in [4.78, 5) is 35.0. The Morgan fingerprint density at radius 1 is 1.35 bits per heavy atom. The molecule has 0 aliphatic carbocycles. The maximum atomic E-state index is 12.4. The van der Waals surface area contributed by atoms with Gasteiger partial charge in [-0.05, 0) is 44.6 Å². The van der Waals surface area contributed by atoms with Crippen molar-refractivity contribution in [2.24, 2.45) is 5.41 Å². The van der Waals surface area contributed by atoms with Crippen molar-refractivity contribution >= 4 is 17.9 Å². The molecule has 26 heavy (non-hydrogen) atoms. The van der Waals surface area contributed by atoms with E-state index in [0.29, 0.717) is 26.1 Å². The van der Waals surface area contributed by atoms with Crippen molar-refractivity contribution in [3.63, 3.8) is 0 Å². The molecule has 1 aromatic rings. The summed E-state index contributed by atoms with van der Waals surface area (Å²) >= 11 is 0. The second kappa shape index (κ2) is 6.87. The topological polar surface area (TPSA) is 89.5 Å². The number of carbonyl (C=O) groups excluding carboxylic acids is 2. The van der Waals surface area contributed by atoms with Crippen LogP contribution in [0.3, 0.4) is 0 Å². The Hall–Kier alpha value is -2.15. The van der Waals surface area contributed by atoms with E-state index in [1.807, 2.05) is 18.7 Å². The zero-order chi connectivity index (χ0) is 18.9. The second-order valence-corrected chi connectivity index (χ2v) is 8.14. The van der Waals surface area contributed by atoms with Crippen molar-refractivity contribution in [2.45, 2.75) is 51.7 Å². The van der Waals surface area contributed by atoms with Crippen molar-refractivity contribution in [2.75, 3.05) is 19.6 Å². The van der Waals surface area contributed by atoms with E-state index < -0.39 is 11.6 Å². The van der Waals surface area contributed by atoms with E-state index in [1.165, 1.54) is 0 Å². The van der Waals surface area contributed by atoms with Gasteiger partial charge in [-0.1, -0.05) is 0 Å². The minimum atomic E-state index is -0.553. The quantitative estimate of drug-likeness (QED) is 0.781. The number of aliphatic hydroxyl groups excluding tert-OH is 1. The van der Waals surface area contributed by atoms with E-state index >= 15 is 0 Å². The molecule has 7 nitrogen and oxygen atoms in total. The average Bonchev–Trinajstić information content (AvgIpc) is 3.10. The molecule has 7 heteroatoms.